The molecule has 9 aromatic carbocycles. The predicted molar refractivity (Wildman–Crippen MR) is 263 cm³/mol. The lowest BCUT2D eigenvalue weighted by molar-refractivity contribution is 0.162. The standard InChI is InChI=1S/C62H36N2O2/c1-5-25-47-39(17-1)40-18-2-6-26-48(40)55(47)57-61(51-29-13-9-21-43(51)44-22-10-14-30-52(44)61)65-59(63-57)37-33-35-38(36-34-37)60-64-58(56-49-27-7-3-19-41(49)42-20-4-8-28-50(42)56)62(66-60)53-31-15-11-23-45(53)46-24-12-16-32-54(46)62/h1-36H. The molecule has 0 radical (unpaired) electrons. The second-order valence-electron chi connectivity index (χ2n) is 17.8. The van der Waals surface area contributed by atoms with E-state index in [1.165, 1.54) is 22.3 Å². The van der Waals surface area contributed by atoms with Gasteiger partial charge in [-0.2, -0.15) is 0 Å². The van der Waals surface area contributed by atoms with Crippen molar-refractivity contribution in [3.8, 4) is 44.5 Å². The van der Waals surface area contributed by atoms with Gasteiger partial charge in [0.25, 0.3) is 0 Å². The third kappa shape index (κ3) is 4.48. The third-order valence-corrected chi connectivity index (χ3v) is 14.6. The maximum Gasteiger partial charge on any atom is 0.222 e. The van der Waals surface area contributed by atoms with Gasteiger partial charge in [-0.1, -0.05) is 194 Å². The molecule has 0 aromatic heterocycles. The van der Waals surface area contributed by atoms with E-state index in [1.54, 1.807) is 0 Å². The molecule has 0 fully saturated rings. The van der Waals surface area contributed by atoms with E-state index in [-0.39, 0.29) is 0 Å². The number of hydrogen-bond acceptors (Lipinski definition) is 4. The Bertz CT molecular complexity index is 3340. The Morgan fingerprint density at radius 2 is 0.470 bits per heavy atom. The van der Waals surface area contributed by atoms with Crippen LogP contribution in [0.25, 0.3) is 55.7 Å². The van der Waals surface area contributed by atoms with Crippen molar-refractivity contribution >= 4 is 22.9 Å². The largest absolute Gasteiger partial charge is 0.454 e. The van der Waals surface area contributed by atoms with Crippen LogP contribution in [0.4, 0.5) is 0 Å². The fourth-order valence-corrected chi connectivity index (χ4v) is 11.9. The van der Waals surface area contributed by atoms with Crippen LogP contribution in [0.1, 0.15) is 55.6 Å². The number of fused-ring (bicyclic) bond motifs is 16. The minimum Gasteiger partial charge on any atom is -0.454 e. The van der Waals surface area contributed by atoms with Crippen molar-refractivity contribution in [2.45, 2.75) is 11.2 Å². The van der Waals surface area contributed by atoms with Crippen molar-refractivity contribution in [1.82, 2.24) is 0 Å². The van der Waals surface area contributed by atoms with E-state index >= 15 is 0 Å². The highest BCUT2D eigenvalue weighted by Gasteiger charge is 2.56. The molecule has 0 N–H and O–H groups in total. The van der Waals surface area contributed by atoms with Crippen molar-refractivity contribution in [3.05, 3.63) is 285 Å². The molecule has 2 spiro atoms. The Morgan fingerprint density at radius 3 is 0.742 bits per heavy atom. The molecule has 0 bridgehead atoms. The highest BCUT2D eigenvalue weighted by Crippen LogP contribution is 2.62. The Balaban J connectivity index is 0.922. The zero-order valence-corrected chi connectivity index (χ0v) is 35.5. The molecule has 0 unspecified atom stereocenters. The molecule has 15 rings (SSSR count). The highest BCUT2D eigenvalue weighted by atomic mass is 16.5. The summed E-state index contributed by atoms with van der Waals surface area (Å²) in [5.41, 5.74) is 22.3. The van der Waals surface area contributed by atoms with Crippen LogP contribution in [-0.2, 0) is 20.7 Å². The third-order valence-electron chi connectivity index (χ3n) is 14.6. The summed E-state index contributed by atoms with van der Waals surface area (Å²) in [4.78, 5) is 11.2. The molecule has 6 aliphatic rings. The average molecular weight is 841 g/mol. The van der Waals surface area contributed by atoms with Crippen LogP contribution < -0.4 is 0 Å². The summed E-state index contributed by atoms with van der Waals surface area (Å²) in [5, 5.41) is 0. The highest BCUT2D eigenvalue weighted by molar-refractivity contribution is 6.10. The van der Waals surface area contributed by atoms with E-state index in [1.807, 2.05) is 0 Å². The van der Waals surface area contributed by atoms with Crippen LogP contribution in [0.15, 0.2) is 240 Å². The zero-order valence-electron chi connectivity index (χ0n) is 35.5. The molecule has 0 saturated carbocycles. The molecular weight excluding hydrogens is 805 g/mol. The summed E-state index contributed by atoms with van der Waals surface area (Å²) in [6.07, 6.45) is 0. The maximum absolute atomic E-state index is 7.50. The number of benzene rings is 9. The average Bonchev–Trinajstić information content (AvgIpc) is 4.23. The first kappa shape index (κ1) is 35.8. The van der Waals surface area contributed by atoms with Gasteiger partial charge in [0.05, 0.1) is 0 Å². The minimum atomic E-state index is -0.968. The number of aliphatic imine (C=N–C) groups is 2. The van der Waals surface area contributed by atoms with Crippen molar-refractivity contribution in [1.29, 1.82) is 0 Å². The lowest BCUT2D eigenvalue weighted by atomic mass is 9.84. The summed E-state index contributed by atoms with van der Waals surface area (Å²) < 4.78 is 15.0. The first-order chi connectivity index (χ1) is 32.7. The van der Waals surface area contributed by atoms with Gasteiger partial charge in [0, 0.05) is 44.5 Å². The monoisotopic (exact) mass is 840 g/mol. The maximum atomic E-state index is 7.50. The molecule has 4 aliphatic carbocycles. The molecule has 9 aromatic rings. The van der Waals surface area contributed by atoms with Gasteiger partial charge in [0.1, 0.15) is 11.4 Å². The summed E-state index contributed by atoms with van der Waals surface area (Å²) in [6, 6.07) is 77.8. The first-order valence-electron chi connectivity index (χ1n) is 22.7. The number of nitrogens with zero attached hydrogens (tertiary/aromatic N) is 2. The second-order valence-corrected chi connectivity index (χ2v) is 17.8. The van der Waals surface area contributed by atoms with Gasteiger partial charge >= 0.3 is 0 Å². The fraction of sp³-hybridized carbons (Fsp3) is 0.0323. The van der Waals surface area contributed by atoms with Crippen molar-refractivity contribution in [2.75, 3.05) is 0 Å². The molecule has 306 valence electrons. The van der Waals surface area contributed by atoms with Crippen LogP contribution in [0.3, 0.4) is 0 Å². The van der Waals surface area contributed by atoms with Gasteiger partial charge in [0.15, 0.2) is 0 Å². The van der Waals surface area contributed by atoms with Gasteiger partial charge in [-0.05, 0) is 91.0 Å². The van der Waals surface area contributed by atoms with Gasteiger partial charge in [-0.25, -0.2) is 9.98 Å². The van der Waals surface area contributed by atoms with Crippen LogP contribution in [-0.4, -0.2) is 11.8 Å². The van der Waals surface area contributed by atoms with Crippen molar-refractivity contribution in [3.63, 3.8) is 0 Å². The van der Waals surface area contributed by atoms with Crippen LogP contribution >= 0.6 is 0 Å². The quantitative estimate of drug-likeness (QED) is 0.174. The van der Waals surface area contributed by atoms with E-state index in [0.29, 0.717) is 11.8 Å². The van der Waals surface area contributed by atoms with Crippen LogP contribution in [0.5, 0.6) is 0 Å². The van der Waals surface area contributed by atoms with Gasteiger partial charge < -0.3 is 9.47 Å². The lowest BCUT2D eigenvalue weighted by Crippen LogP contribution is -2.29. The van der Waals surface area contributed by atoms with E-state index in [2.05, 4.69) is 218 Å². The minimum absolute atomic E-state index is 0.573. The first-order valence-corrected chi connectivity index (χ1v) is 22.7. The topological polar surface area (TPSA) is 43.2 Å². The molecule has 4 nitrogen and oxygen atoms in total. The number of ether oxygens (including phenoxy) is 2. The van der Waals surface area contributed by atoms with E-state index in [9.17, 15) is 0 Å². The molecule has 0 atom stereocenters. The number of hydrogen-bond donors (Lipinski definition) is 0. The molecular formula is C62H36N2O2. The van der Waals surface area contributed by atoms with Crippen LogP contribution in [0, 0.1) is 0 Å². The fourth-order valence-electron chi connectivity index (χ4n) is 11.9. The van der Waals surface area contributed by atoms with Crippen molar-refractivity contribution < 1.29 is 9.47 Å². The van der Waals surface area contributed by atoms with Gasteiger partial charge in [0.2, 0.25) is 23.0 Å². The molecule has 2 aliphatic heterocycles. The van der Waals surface area contributed by atoms with Gasteiger partial charge in [-0.15, -0.1) is 0 Å². The SMILES string of the molecule is c1ccc2c(c1)C(=C1N=C(c3ccc(C4=NC(=C5c6ccccc6-c6ccccc65)C5(O4)c4ccccc4-c4ccccc45)cc3)OC13c1ccccc1-c1ccccc13)c1ccccc1-2. The summed E-state index contributed by atoms with van der Waals surface area (Å²) in [6.45, 7) is 0. The molecule has 2 heterocycles. The smallest absolute Gasteiger partial charge is 0.222 e. The summed E-state index contributed by atoms with van der Waals surface area (Å²) in [7, 11) is 0. The second kappa shape index (κ2) is 13.0. The zero-order chi connectivity index (χ0) is 43.1. The van der Waals surface area contributed by atoms with Crippen molar-refractivity contribution in [2.24, 2.45) is 9.98 Å². The molecule has 4 heteroatoms. The normalized spacial score (nSPS) is 16.4. The summed E-state index contributed by atoms with van der Waals surface area (Å²) >= 11 is 0. The molecule has 0 amide bonds. The van der Waals surface area contributed by atoms with E-state index in [4.69, 9.17) is 19.5 Å². The predicted octanol–water partition coefficient (Wildman–Crippen LogP) is 14.0. The van der Waals surface area contributed by atoms with Crippen LogP contribution in [0.2, 0.25) is 0 Å². The number of rotatable bonds is 2. The summed E-state index contributed by atoms with van der Waals surface area (Å²) in [5.74, 6) is 1.15. The Morgan fingerprint density at radius 1 is 0.242 bits per heavy atom. The molecule has 0 saturated heterocycles. The Hall–Kier alpha value is -8.60. The molecule has 66 heavy (non-hydrogen) atoms. The van der Waals surface area contributed by atoms with E-state index < -0.39 is 11.2 Å². The lowest BCUT2D eigenvalue weighted by Gasteiger charge is -2.29. The van der Waals surface area contributed by atoms with E-state index in [0.717, 1.165) is 100 Å². The Labute approximate surface area is 381 Å². The van der Waals surface area contributed by atoms with Gasteiger partial charge in [-0.3, -0.25) is 0 Å². The Kier molecular flexibility index (Phi) is 7.05.